The number of aromatic nitrogens is 2. The van der Waals surface area contributed by atoms with Crippen LogP contribution in [0.5, 0.6) is 23.0 Å². The minimum absolute atomic E-state index is 0.177. The summed E-state index contributed by atoms with van der Waals surface area (Å²) >= 11 is 0. The van der Waals surface area contributed by atoms with Gasteiger partial charge in [-0.1, -0.05) is 0 Å². The second-order valence-corrected chi connectivity index (χ2v) is 6.00. The van der Waals surface area contributed by atoms with Crippen LogP contribution in [0.2, 0.25) is 0 Å². The van der Waals surface area contributed by atoms with Crippen molar-refractivity contribution < 1.29 is 23.7 Å². The zero-order valence-electron chi connectivity index (χ0n) is 14.5. The van der Waals surface area contributed by atoms with Gasteiger partial charge >= 0.3 is 0 Å². The number of amides is 1. The summed E-state index contributed by atoms with van der Waals surface area (Å²) in [6.07, 6.45) is 2.89. The zero-order valence-corrected chi connectivity index (χ0v) is 14.5. The van der Waals surface area contributed by atoms with Crippen molar-refractivity contribution in [1.29, 1.82) is 0 Å². The molecule has 0 atom stereocenters. The number of rotatable bonds is 4. The highest BCUT2D eigenvalue weighted by Crippen LogP contribution is 2.35. The van der Waals surface area contributed by atoms with Crippen molar-refractivity contribution in [3.8, 4) is 23.0 Å². The molecule has 2 N–H and O–H groups in total. The van der Waals surface area contributed by atoms with Gasteiger partial charge in [0.05, 0.1) is 12.4 Å². The Morgan fingerprint density at radius 1 is 0.786 bits per heavy atom. The summed E-state index contributed by atoms with van der Waals surface area (Å²) in [4.78, 5) is 20.8. The first-order valence-corrected chi connectivity index (χ1v) is 8.44. The van der Waals surface area contributed by atoms with Gasteiger partial charge in [0.25, 0.3) is 5.91 Å². The molecule has 140 valence electrons. The van der Waals surface area contributed by atoms with E-state index in [1.807, 2.05) is 18.2 Å². The Kier molecular flexibility index (Phi) is 3.82. The second-order valence-electron chi connectivity index (χ2n) is 6.00. The van der Waals surface area contributed by atoms with Gasteiger partial charge in [-0.15, -0.1) is 0 Å². The Morgan fingerprint density at radius 3 is 2.11 bits per heavy atom. The third-order valence-corrected chi connectivity index (χ3v) is 4.16. The quantitative estimate of drug-likeness (QED) is 0.714. The van der Waals surface area contributed by atoms with Crippen LogP contribution in [0.15, 0.2) is 48.8 Å². The van der Waals surface area contributed by atoms with Crippen molar-refractivity contribution >= 4 is 23.1 Å². The van der Waals surface area contributed by atoms with Crippen molar-refractivity contribution in [1.82, 2.24) is 9.97 Å². The molecular formula is C19H14N4O5. The summed E-state index contributed by atoms with van der Waals surface area (Å²) in [5.74, 6) is 2.73. The minimum atomic E-state index is -0.374. The van der Waals surface area contributed by atoms with Crippen LogP contribution in [0.25, 0.3) is 0 Å². The molecule has 2 aromatic carbocycles. The molecule has 0 saturated carbocycles. The molecule has 0 spiro atoms. The van der Waals surface area contributed by atoms with E-state index in [4.69, 9.17) is 18.9 Å². The summed E-state index contributed by atoms with van der Waals surface area (Å²) in [5.41, 5.74) is 1.55. The van der Waals surface area contributed by atoms with E-state index in [1.165, 1.54) is 12.4 Å². The van der Waals surface area contributed by atoms with E-state index in [0.29, 0.717) is 34.5 Å². The molecule has 0 unspecified atom stereocenters. The fraction of sp³-hybridized carbons (Fsp3) is 0.105. The molecule has 28 heavy (non-hydrogen) atoms. The highest BCUT2D eigenvalue weighted by molar-refractivity contribution is 6.02. The van der Waals surface area contributed by atoms with E-state index in [2.05, 4.69) is 20.6 Å². The summed E-state index contributed by atoms with van der Waals surface area (Å²) in [6.45, 7) is 0.391. The average molecular weight is 378 g/mol. The maximum absolute atomic E-state index is 12.4. The molecular weight excluding hydrogens is 364 g/mol. The van der Waals surface area contributed by atoms with Gasteiger partial charge in [0, 0.05) is 23.5 Å². The lowest BCUT2D eigenvalue weighted by Gasteiger charge is -2.08. The first-order valence-electron chi connectivity index (χ1n) is 8.44. The highest BCUT2D eigenvalue weighted by Gasteiger charge is 2.16. The maximum atomic E-state index is 12.4. The molecule has 2 aliphatic rings. The summed E-state index contributed by atoms with van der Waals surface area (Å²) < 4.78 is 21.2. The molecule has 3 aromatic rings. The SMILES string of the molecule is O=C(Nc1ccc2c(c1)OCO2)c1cnc(Nc2ccc3c(c2)OCO3)cn1. The topological polar surface area (TPSA) is 104 Å². The molecule has 2 aliphatic heterocycles. The number of fused-ring (bicyclic) bond motifs is 2. The van der Waals surface area contributed by atoms with Crippen LogP contribution in [0.1, 0.15) is 10.5 Å². The van der Waals surface area contributed by atoms with Gasteiger partial charge in [0.2, 0.25) is 13.6 Å². The van der Waals surface area contributed by atoms with Crippen molar-refractivity contribution in [2.24, 2.45) is 0 Å². The van der Waals surface area contributed by atoms with Gasteiger partial charge < -0.3 is 29.6 Å². The van der Waals surface area contributed by atoms with Gasteiger partial charge in [-0.05, 0) is 24.3 Å². The Morgan fingerprint density at radius 2 is 1.43 bits per heavy atom. The van der Waals surface area contributed by atoms with Gasteiger partial charge in [-0.2, -0.15) is 0 Å². The van der Waals surface area contributed by atoms with Gasteiger partial charge in [-0.25, -0.2) is 9.97 Å². The van der Waals surface area contributed by atoms with E-state index < -0.39 is 0 Å². The molecule has 0 aliphatic carbocycles. The monoisotopic (exact) mass is 378 g/mol. The van der Waals surface area contributed by atoms with E-state index >= 15 is 0 Å². The number of carbonyl (C=O) groups excluding carboxylic acids is 1. The van der Waals surface area contributed by atoms with Crippen molar-refractivity contribution in [2.75, 3.05) is 24.2 Å². The Bertz CT molecular complexity index is 1050. The lowest BCUT2D eigenvalue weighted by atomic mass is 10.2. The first-order chi connectivity index (χ1) is 13.7. The fourth-order valence-electron chi connectivity index (χ4n) is 2.80. The van der Waals surface area contributed by atoms with Crippen LogP contribution in [-0.4, -0.2) is 29.5 Å². The molecule has 1 aromatic heterocycles. The van der Waals surface area contributed by atoms with Crippen LogP contribution in [-0.2, 0) is 0 Å². The van der Waals surface area contributed by atoms with E-state index in [0.717, 1.165) is 5.69 Å². The van der Waals surface area contributed by atoms with E-state index in [1.54, 1.807) is 18.2 Å². The van der Waals surface area contributed by atoms with Gasteiger partial charge in [-0.3, -0.25) is 4.79 Å². The van der Waals surface area contributed by atoms with Gasteiger partial charge in [0.15, 0.2) is 23.0 Å². The Hall–Kier alpha value is -4.01. The van der Waals surface area contributed by atoms with Crippen LogP contribution < -0.4 is 29.6 Å². The Labute approximate surface area is 159 Å². The molecule has 0 radical (unpaired) electrons. The number of ether oxygens (including phenoxy) is 4. The molecule has 9 heteroatoms. The number of hydrogen-bond donors (Lipinski definition) is 2. The molecule has 0 bridgehead atoms. The summed E-state index contributed by atoms with van der Waals surface area (Å²) in [6, 6.07) is 10.6. The number of benzene rings is 2. The molecule has 5 rings (SSSR count). The molecule has 0 saturated heterocycles. The standard InChI is InChI=1S/C19H14N4O5/c24-19(23-12-2-4-15-17(6-12)28-10-26-15)13-7-21-18(8-20-13)22-11-1-3-14-16(5-11)27-9-25-14/h1-8H,9-10H2,(H,21,22)(H,23,24). The number of nitrogens with one attached hydrogen (secondary N) is 2. The average Bonchev–Trinajstić information content (AvgIpc) is 3.36. The number of anilines is 3. The first kappa shape index (κ1) is 16.2. The maximum Gasteiger partial charge on any atom is 0.275 e. The number of hydrogen-bond acceptors (Lipinski definition) is 8. The van der Waals surface area contributed by atoms with Crippen LogP contribution in [0.4, 0.5) is 17.2 Å². The molecule has 0 fully saturated rings. The molecule has 9 nitrogen and oxygen atoms in total. The number of carbonyl (C=O) groups is 1. The van der Waals surface area contributed by atoms with Crippen LogP contribution in [0.3, 0.4) is 0 Å². The van der Waals surface area contributed by atoms with Crippen molar-refractivity contribution in [3.63, 3.8) is 0 Å². The van der Waals surface area contributed by atoms with E-state index in [-0.39, 0.29) is 25.2 Å². The second kappa shape index (κ2) is 6.62. The highest BCUT2D eigenvalue weighted by atomic mass is 16.7. The third kappa shape index (κ3) is 3.09. The molecule has 1 amide bonds. The van der Waals surface area contributed by atoms with Crippen molar-refractivity contribution in [3.05, 3.63) is 54.5 Å². The lowest BCUT2D eigenvalue weighted by Crippen LogP contribution is -2.14. The smallest absolute Gasteiger partial charge is 0.275 e. The largest absolute Gasteiger partial charge is 0.454 e. The normalized spacial score (nSPS) is 13.3. The van der Waals surface area contributed by atoms with Crippen LogP contribution >= 0.6 is 0 Å². The van der Waals surface area contributed by atoms with E-state index in [9.17, 15) is 4.79 Å². The Balaban J connectivity index is 1.26. The van der Waals surface area contributed by atoms with Crippen LogP contribution in [0, 0.1) is 0 Å². The summed E-state index contributed by atoms with van der Waals surface area (Å²) in [7, 11) is 0. The lowest BCUT2D eigenvalue weighted by molar-refractivity contribution is 0.102. The predicted octanol–water partition coefficient (Wildman–Crippen LogP) is 2.93. The predicted molar refractivity (Wildman–Crippen MR) is 98.4 cm³/mol. The third-order valence-electron chi connectivity index (χ3n) is 4.16. The minimum Gasteiger partial charge on any atom is -0.454 e. The zero-order chi connectivity index (χ0) is 18.9. The van der Waals surface area contributed by atoms with Gasteiger partial charge in [0.1, 0.15) is 11.5 Å². The van der Waals surface area contributed by atoms with Crippen molar-refractivity contribution in [2.45, 2.75) is 0 Å². The number of nitrogens with zero attached hydrogens (tertiary/aromatic N) is 2. The summed E-state index contributed by atoms with van der Waals surface area (Å²) in [5, 5.41) is 5.86. The fourth-order valence-corrected chi connectivity index (χ4v) is 2.80. The molecule has 3 heterocycles.